The molecule has 0 aliphatic heterocycles. The maximum absolute atomic E-state index is 11.9. The van der Waals surface area contributed by atoms with E-state index in [9.17, 15) is 13.5 Å². The first kappa shape index (κ1) is 15.5. The summed E-state index contributed by atoms with van der Waals surface area (Å²) in [5, 5.41) is 9.87. The minimum Gasteiger partial charge on any atom is -0.391 e. The van der Waals surface area contributed by atoms with Crippen molar-refractivity contribution in [2.45, 2.75) is 16.7 Å². The molecule has 1 aromatic carbocycles. The second kappa shape index (κ2) is 6.69. The van der Waals surface area contributed by atoms with Crippen LogP contribution in [0.25, 0.3) is 0 Å². The van der Waals surface area contributed by atoms with Crippen molar-refractivity contribution in [3.8, 4) is 0 Å². The third-order valence-electron chi connectivity index (χ3n) is 2.64. The van der Waals surface area contributed by atoms with Crippen LogP contribution in [0.4, 0.5) is 0 Å². The lowest BCUT2D eigenvalue weighted by molar-refractivity contribution is 0.179. The standard InChI is InChI=1S/C13H14ClNO3S2/c14-12-6-7-13(19-12)20(17,18)15-9-11(16)8-10-4-2-1-3-5-10/h1-7,11,15-16H,8-9H2/t11-/m1/s1. The molecule has 1 heterocycles. The van der Waals surface area contributed by atoms with Crippen molar-refractivity contribution < 1.29 is 13.5 Å². The monoisotopic (exact) mass is 331 g/mol. The molecule has 0 bridgehead atoms. The quantitative estimate of drug-likeness (QED) is 0.853. The van der Waals surface area contributed by atoms with Crippen LogP contribution in [0.1, 0.15) is 5.56 Å². The van der Waals surface area contributed by atoms with Gasteiger partial charge < -0.3 is 5.11 Å². The number of hydrogen-bond acceptors (Lipinski definition) is 4. The van der Waals surface area contributed by atoms with Gasteiger partial charge in [-0.25, -0.2) is 13.1 Å². The minimum atomic E-state index is -3.60. The van der Waals surface area contributed by atoms with Crippen molar-refractivity contribution in [2.24, 2.45) is 0 Å². The Morgan fingerprint density at radius 1 is 1.20 bits per heavy atom. The van der Waals surface area contributed by atoms with Crippen molar-refractivity contribution in [3.05, 3.63) is 52.4 Å². The van der Waals surface area contributed by atoms with Gasteiger partial charge in [-0.1, -0.05) is 41.9 Å². The van der Waals surface area contributed by atoms with Gasteiger partial charge in [0.1, 0.15) is 4.21 Å². The van der Waals surface area contributed by atoms with Crippen LogP contribution in [0.5, 0.6) is 0 Å². The first-order valence-corrected chi connectivity index (χ1v) is 8.62. The maximum atomic E-state index is 11.9. The lowest BCUT2D eigenvalue weighted by Crippen LogP contribution is -2.32. The van der Waals surface area contributed by atoms with Crippen molar-refractivity contribution in [1.29, 1.82) is 0 Å². The molecular formula is C13H14ClNO3S2. The highest BCUT2D eigenvalue weighted by atomic mass is 35.5. The van der Waals surface area contributed by atoms with Crippen molar-refractivity contribution in [1.82, 2.24) is 4.72 Å². The maximum Gasteiger partial charge on any atom is 0.250 e. The van der Waals surface area contributed by atoms with E-state index < -0.39 is 16.1 Å². The molecule has 2 rings (SSSR count). The largest absolute Gasteiger partial charge is 0.391 e. The summed E-state index contributed by atoms with van der Waals surface area (Å²) in [6.45, 7) is -0.0350. The third-order valence-corrected chi connectivity index (χ3v) is 5.78. The molecule has 20 heavy (non-hydrogen) atoms. The van der Waals surface area contributed by atoms with Crippen LogP contribution in [-0.4, -0.2) is 26.2 Å². The first-order valence-electron chi connectivity index (χ1n) is 5.94. The summed E-state index contributed by atoms with van der Waals surface area (Å²) in [5.41, 5.74) is 0.957. The summed E-state index contributed by atoms with van der Waals surface area (Å²) < 4.78 is 26.8. The molecule has 0 radical (unpaired) electrons. The van der Waals surface area contributed by atoms with Gasteiger partial charge in [-0.15, -0.1) is 11.3 Å². The average Bonchev–Trinajstić information content (AvgIpc) is 2.85. The number of halogens is 1. The molecule has 0 saturated heterocycles. The highest BCUT2D eigenvalue weighted by Crippen LogP contribution is 2.25. The highest BCUT2D eigenvalue weighted by Gasteiger charge is 2.18. The van der Waals surface area contributed by atoms with E-state index in [0.717, 1.165) is 16.9 Å². The zero-order valence-corrected chi connectivity index (χ0v) is 12.9. The molecule has 1 aromatic heterocycles. The Labute approximate surface area is 127 Å². The molecular weight excluding hydrogens is 318 g/mol. The molecule has 0 aliphatic carbocycles. The van der Waals surface area contributed by atoms with E-state index in [1.807, 2.05) is 30.3 Å². The summed E-state index contributed by atoms with van der Waals surface area (Å²) in [6, 6.07) is 12.4. The Kier molecular flexibility index (Phi) is 5.17. The summed E-state index contributed by atoms with van der Waals surface area (Å²) >= 11 is 6.70. The summed E-state index contributed by atoms with van der Waals surface area (Å²) in [4.78, 5) is 0. The Hall–Kier alpha value is -0.920. The van der Waals surface area contributed by atoms with Crippen LogP contribution in [0.15, 0.2) is 46.7 Å². The van der Waals surface area contributed by atoms with Crippen LogP contribution in [0, 0.1) is 0 Å². The second-order valence-corrected chi connectivity index (χ2v) is 7.96. The van der Waals surface area contributed by atoms with Gasteiger partial charge in [0.2, 0.25) is 10.0 Å². The Morgan fingerprint density at radius 3 is 2.50 bits per heavy atom. The number of sulfonamides is 1. The number of thiophene rings is 1. The lowest BCUT2D eigenvalue weighted by atomic mass is 10.1. The van der Waals surface area contributed by atoms with Crippen molar-refractivity contribution in [3.63, 3.8) is 0 Å². The fraction of sp³-hybridized carbons (Fsp3) is 0.231. The molecule has 1 atom stereocenters. The number of rotatable bonds is 6. The molecule has 4 nitrogen and oxygen atoms in total. The Morgan fingerprint density at radius 2 is 1.90 bits per heavy atom. The van der Waals surface area contributed by atoms with Gasteiger partial charge in [0.05, 0.1) is 10.4 Å². The van der Waals surface area contributed by atoms with Gasteiger partial charge in [-0.3, -0.25) is 0 Å². The number of nitrogens with one attached hydrogen (secondary N) is 1. The molecule has 0 saturated carbocycles. The average molecular weight is 332 g/mol. The van der Waals surface area contributed by atoms with Gasteiger partial charge in [0, 0.05) is 6.54 Å². The topological polar surface area (TPSA) is 66.4 Å². The van der Waals surface area contributed by atoms with Crippen LogP contribution >= 0.6 is 22.9 Å². The zero-order valence-electron chi connectivity index (χ0n) is 10.5. The molecule has 0 unspecified atom stereocenters. The van der Waals surface area contributed by atoms with Crippen LogP contribution in [0.2, 0.25) is 4.34 Å². The van der Waals surface area contributed by atoms with Gasteiger partial charge in [-0.05, 0) is 24.1 Å². The second-order valence-electron chi connectivity index (χ2n) is 4.25. The van der Waals surface area contributed by atoms with E-state index in [4.69, 9.17) is 11.6 Å². The van der Waals surface area contributed by atoms with E-state index in [-0.39, 0.29) is 10.8 Å². The van der Waals surface area contributed by atoms with Crippen LogP contribution < -0.4 is 4.72 Å². The predicted molar refractivity (Wildman–Crippen MR) is 80.7 cm³/mol. The third kappa shape index (κ3) is 4.29. The summed E-state index contributed by atoms with van der Waals surface area (Å²) in [7, 11) is -3.60. The molecule has 2 N–H and O–H groups in total. The smallest absolute Gasteiger partial charge is 0.250 e. The Balaban J connectivity index is 1.91. The molecule has 108 valence electrons. The number of hydrogen-bond donors (Lipinski definition) is 2. The zero-order chi connectivity index (χ0) is 14.6. The highest BCUT2D eigenvalue weighted by molar-refractivity contribution is 7.91. The van der Waals surface area contributed by atoms with Gasteiger partial charge in [0.25, 0.3) is 0 Å². The normalized spacial score (nSPS) is 13.3. The van der Waals surface area contributed by atoms with Crippen molar-refractivity contribution >= 4 is 33.0 Å². The van der Waals surface area contributed by atoms with E-state index in [2.05, 4.69) is 4.72 Å². The van der Waals surface area contributed by atoms with Crippen LogP contribution in [0.3, 0.4) is 0 Å². The van der Waals surface area contributed by atoms with Crippen molar-refractivity contribution in [2.75, 3.05) is 6.54 Å². The molecule has 0 aliphatic rings. The fourth-order valence-electron chi connectivity index (χ4n) is 1.68. The lowest BCUT2D eigenvalue weighted by Gasteiger charge is -2.11. The fourth-order valence-corrected chi connectivity index (χ4v) is 4.28. The first-order chi connectivity index (χ1) is 9.47. The summed E-state index contributed by atoms with van der Waals surface area (Å²) in [5.74, 6) is 0. The van der Waals surface area contributed by atoms with E-state index >= 15 is 0 Å². The van der Waals surface area contributed by atoms with E-state index in [0.29, 0.717) is 10.8 Å². The van der Waals surface area contributed by atoms with Gasteiger partial charge >= 0.3 is 0 Å². The summed E-state index contributed by atoms with van der Waals surface area (Å²) in [6.07, 6.45) is -0.378. The van der Waals surface area contributed by atoms with E-state index in [1.54, 1.807) is 0 Å². The van der Waals surface area contributed by atoms with Crippen LogP contribution in [-0.2, 0) is 16.4 Å². The van der Waals surface area contributed by atoms with E-state index in [1.165, 1.54) is 12.1 Å². The molecule has 7 heteroatoms. The van der Waals surface area contributed by atoms with Gasteiger partial charge in [0.15, 0.2) is 0 Å². The number of aliphatic hydroxyl groups is 1. The SMILES string of the molecule is O=S(=O)(NC[C@H](O)Cc1ccccc1)c1ccc(Cl)s1. The minimum absolute atomic E-state index is 0.0350. The molecule has 0 amide bonds. The number of aliphatic hydroxyl groups excluding tert-OH is 1. The molecule has 0 fully saturated rings. The molecule has 2 aromatic rings. The van der Waals surface area contributed by atoms with Gasteiger partial charge in [-0.2, -0.15) is 0 Å². The molecule has 0 spiro atoms. The predicted octanol–water partition coefficient (Wildman–Crippen LogP) is 2.28. The number of benzene rings is 1. The Bertz CT molecular complexity index is 655.